The zero-order chi connectivity index (χ0) is 7.40. The fourth-order valence-electron chi connectivity index (χ4n) is 0.819. The number of hydrogen-bond donors (Lipinski definition) is 0. The van der Waals surface area contributed by atoms with Gasteiger partial charge in [-0.1, -0.05) is 0 Å². The zero-order valence-electron chi connectivity index (χ0n) is 6.50. The first-order valence-electron chi connectivity index (χ1n) is 3.52. The molecular weight excluding hydrogens is 236 g/mol. The molecule has 10 heavy (non-hydrogen) atoms. The Morgan fingerprint density at radius 1 is 1.20 bits per heavy atom. The molecule has 0 radical (unpaired) electrons. The fourth-order valence-corrected chi connectivity index (χ4v) is 3.55. The van der Waals surface area contributed by atoms with Crippen LogP contribution in [0.3, 0.4) is 0 Å². The van der Waals surface area contributed by atoms with E-state index < -0.39 is 19.6 Å². The molecule has 0 aliphatic heterocycles. The number of benzene rings is 1. The third kappa shape index (κ3) is 2.01. The van der Waals surface area contributed by atoms with Gasteiger partial charge in [0.2, 0.25) is 0 Å². The molecule has 0 heterocycles. The molecule has 0 aliphatic rings. The van der Waals surface area contributed by atoms with Gasteiger partial charge in [0.05, 0.1) is 0 Å². The minimum atomic E-state index is -0.819. The second-order valence-electron chi connectivity index (χ2n) is 2.24. The molecule has 0 nitrogen and oxygen atoms in total. The van der Waals surface area contributed by atoms with E-state index in [1.54, 1.807) is 3.61 Å². The van der Waals surface area contributed by atoms with E-state index in [-0.39, 0.29) is 0 Å². The summed E-state index contributed by atoms with van der Waals surface area (Å²) in [6.45, 7) is 2.30. The summed E-state index contributed by atoms with van der Waals surface area (Å²) in [4.78, 5) is 2.43. The summed E-state index contributed by atoms with van der Waals surface area (Å²) in [7, 11) is 0. The average molecular weight is 249 g/mol. The predicted molar refractivity (Wildman–Crippen MR) is 48.2 cm³/mol. The van der Waals surface area contributed by atoms with Crippen LogP contribution in [0.5, 0.6) is 0 Å². The molecule has 54 valence electrons. The van der Waals surface area contributed by atoms with E-state index in [9.17, 15) is 0 Å². The van der Waals surface area contributed by atoms with Gasteiger partial charge in [-0.2, -0.15) is 0 Å². The topological polar surface area (TPSA) is 0 Å². The van der Waals surface area contributed by atoms with Gasteiger partial charge in [-0.15, -0.1) is 0 Å². The first-order valence-corrected chi connectivity index (χ1v) is 8.66. The van der Waals surface area contributed by atoms with Gasteiger partial charge in [0.25, 0.3) is 0 Å². The molecule has 1 heteroatoms. The van der Waals surface area contributed by atoms with Gasteiger partial charge in [0, 0.05) is 0 Å². The Bertz CT molecular complexity index is 181. The van der Waals surface area contributed by atoms with Gasteiger partial charge in [-0.05, 0) is 0 Å². The van der Waals surface area contributed by atoms with E-state index in [0.717, 1.165) is 0 Å². The van der Waals surface area contributed by atoms with Crippen LogP contribution in [0.4, 0.5) is 0 Å². The molecule has 1 rings (SSSR count). The molecule has 0 unspecified atom stereocenters. The summed E-state index contributed by atoms with van der Waals surface area (Å²) in [5.41, 5.74) is 0. The standard InChI is InChI=1S/C9H13Te/c1-3-10(2)9-7-5-4-6-8-9/h4-8H,3H2,1-2H3/q+1. The molecule has 0 amide bonds. The van der Waals surface area contributed by atoms with Gasteiger partial charge >= 0.3 is 69.9 Å². The van der Waals surface area contributed by atoms with Crippen LogP contribution in [0.25, 0.3) is 0 Å². The van der Waals surface area contributed by atoms with E-state index in [0.29, 0.717) is 0 Å². The minimum absolute atomic E-state index is 0.819. The summed E-state index contributed by atoms with van der Waals surface area (Å²) in [6, 6.07) is 10.9. The van der Waals surface area contributed by atoms with Crippen molar-refractivity contribution in [2.45, 2.75) is 16.4 Å². The van der Waals surface area contributed by atoms with Crippen LogP contribution in [-0.2, 0) is 0 Å². The van der Waals surface area contributed by atoms with Crippen molar-refractivity contribution >= 4 is 23.2 Å². The van der Waals surface area contributed by atoms with Gasteiger partial charge in [0.1, 0.15) is 0 Å². The molecular formula is C9H13Te+. The summed E-state index contributed by atoms with van der Waals surface area (Å²) < 4.78 is 3.02. The quantitative estimate of drug-likeness (QED) is 0.703. The summed E-state index contributed by atoms with van der Waals surface area (Å²) in [6.07, 6.45) is 0. The Morgan fingerprint density at radius 2 is 1.80 bits per heavy atom. The van der Waals surface area contributed by atoms with E-state index in [4.69, 9.17) is 0 Å². The summed E-state index contributed by atoms with van der Waals surface area (Å²) in [5, 5.41) is 0. The van der Waals surface area contributed by atoms with Gasteiger partial charge in [-0.25, -0.2) is 0 Å². The third-order valence-corrected chi connectivity index (χ3v) is 7.12. The Balaban J connectivity index is 2.75. The summed E-state index contributed by atoms with van der Waals surface area (Å²) in [5.74, 6) is 0. The Labute approximate surface area is 69.9 Å². The number of rotatable bonds is 2. The Morgan fingerprint density at radius 3 is 2.30 bits per heavy atom. The van der Waals surface area contributed by atoms with Crippen molar-refractivity contribution < 1.29 is 0 Å². The molecule has 0 fully saturated rings. The Kier molecular flexibility index (Phi) is 3.25. The first kappa shape index (κ1) is 8.11. The predicted octanol–water partition coefficient (Wildman–Crippen LogP) is 2.04. The first-order chi connectivity index (χ1) is 4.84. The van der Waals surface area contributed by atoms with Crippen molar-refractivity contribution in [3.05, 3.63) is 30.3 Å². The van der Waals surface area contributed by atoms with Crippen LogP contribution in [0.15, 0.2) is 30.3 Å². The van der Waals surface area contributed by atoms with Crippen molar-refractivity contribution in [2.24, 2.45) is 0 Å². The van der Waals surface area contributed by atoms with Crippen molar-refractivity contribution in [2.75, 3.05) is 0 Å². The van der Waals surface area contributed by atoms with E-state index in [1.165, 1.54) is 4.47 Å². The molecule has 1 aromatic carbocycles. The van der Waals surface area contributed by atoms with Gasteiger partial charge in [0.15, 0.2) is 0 Å². The molecule has 0 saturated carbocycles. The molecule has 0 aliphatic carbocycles. The van der Waals surface area contributed by atoms with Gasteiger partial charge < -0.3 is 0 Å². The molecule has 0 N–H and O–H groups in total. The monoisotopic (exact) mass is 251 g/mol. The maximum absolute atomic E-state index is 2.43. The molecule has 0 spiro atoms. The third-order valence-electron chi connectivity index (χ3n) is 1.58. The van der Waals surface area contributed by atoms with Crippen LogP contribution in [0.1, 0.15) is 6.92 Å². The second-order valence-corrected chi connectivity index (χ2v) is 8.87. The van der Waals surface area contributed by atoms with E-state index in [1.807, 2.05) is 0 Å². The average Bonchev–Trinajstić information content (AvgIpc) is 2.05. The van der Waals surface area contributed by atoms with Crippen molar-refractivity contribution in [1.29, 1.82) is 0 Å². The molecule has 0 bridgehead atoms. The fraction of sp³-hybridized carbons (Fsp3) is 0.333. The van der Waals surface area contributed by atoms with E-state index in [2.05, 4.69) is 42.2 Å². The van der Waals surface area contributed by atoms with Crippen LogP contribution >= 0.6 is 0 Å². The van der Waals surface area contributed by atoms with Crippen LogP contribution < -0.4 is 3.61 Å². The number of hydrogen-bond acceptors (Lipinski definition) is 0. The maximum atomic E-state index is 2.43. The molecule has 0 aromatic heterocycles. The van der Waals surface area contributed by atoms with Crippen LogP contribution in [0.2, 0.25) is 9.44 Å². The second kappa shape index (κ2) is 4.01. The van der Waals surface area contributed by atoms with Crippen LogP contribution in [-0.4, -0.2) is 19.6 Å². The van der Waals surface area contributed by atoms with Crippen molar-refractivity contribution in [1.82, 2.24) is 0 Å². The SMILES string of the molecule is CC[Te+](C)c1ccccc1. The zero-order valence-corrected chi connectivity index (χ0v) is 8.83. The van der Waals surface area contributed by atoms with Crippen LogP contribution in [0, 0.1) is 0 Å². The summed E-state index contributed by atoms with van der Waals surface area (Å²) >= 11 is -0.819. The van der Waals surface area contributed by atoms with E-state index >= 15 is 0 Å². The molecule has 1 aromatic rings. The van der Waals surface area contributed by atoms with Crippen molar-refractivity contribution in [3.63, 3.8) is 0 Å². The molecule has 0 saturated heterocycles. The molecule has 0 atom stereocenters. The normalized spacial score (nSPS) is 10.3. The Hall–Kier alpha value is 0.00961. The van der Waals surface area contributed by atoms with Gasteiger partial charge in [-0.3, -0.25) is 0 Å². The van der Waals surface area contributed by atoms with Crippen molar-refractivity contribution in [3.8, 4) is 0 Å².